The fourth-order valence-corrected chi connectivity index (χ4v) is 1.13. The van der Waals surface area contributed by atoms with Crippen LogP contribution in [0.15, 0.2) is 16.2 Å². The van der Waals surface area contributed by atoms with Crippen LogP contribution < -0.4 is 5.56 Å². The van der Waals surface area contributed by atoms with Crippen LogP contribution in [0.4, 0.5) is 0 Å². The molecule has 1 aromatic heterocycles. The lowest BCUT2D eigenvalue weighted by Gasteiger charge is -1.78. The molecule has 4 heteroatoms. The fourth-order valence-electron chi connectivity index (χ4n) is 0.356. The number of aromatic nitrogens is 1. The summed E-state index contributed by atoms with van der Waals surface area (Å²) in [6.45, 7) is 0. The first kappa shape index (κ1) is 5.65. The monoisotopic (exact) mass is 145 g/mol. The molecule has 1 heterocycles. The maximum atomic E-state index is 10.5. The average Bonchev–Trinajstić information content (AvgIpc) is 2.14. The Morgan fingerprint density at radius 1 is 1.88 bits per heavy atom. The Labute approximate surface area is 55.5 Å². The van der Waals surface area contributed by atoms with E-state index in [0.29, 0.717) is 0 Å². The molecule has 0 spiro atoms. The lowest BCUT2D eigenvalue weighted by Crippen LogP contribution is -2.08. The summed E-state index contributed by atoms with van der Waals surface area (Å²) in [5, 5.41) is 1.70. The number of thiocarbonyl (C=S) groups is 1. The zero-order valence-corrected chi connectivity index (χ0v) is 5.54. The zero-order chi connectivity index (χ0) is 5.98. The Morgan fingerprint density at radius 3 is 2.88 bits per heavy atom. The Hall–Kier alpha value is -0.480. The van der Waals surface area contributed by atoms with Crippen molar-refractivity contribution in [3.05, 3.63) is 21.8 Å². The number of hydrogen-bond donors (Lipinski definition) is 0. The average molecular weight is 145 g/mol. The lowest BCUT2D eigenvalue weighted by atomic mass is 10.7. The van der Waals surface area contributed by atoms with Crippen molar-refractivity contribution < 1.29 is 0 Å². The molecular weight excluding hydrogens is 142 g/mol. The molecule has 0 fully saturated rings. The van der Waals surface area contributed by atoms with Crippen LogP contribution in [-0.4, -0.2) is 9.45 Å². The molecular formula is C4H3NOS2. The normalized spacial score (nSPS) is 9.00. The van der Waals surface area contributed by atoms with Crippen molar-refractivity contribution in [1.29, 1.82) is 0 Å². The molecule has 0 aliphatic carbocycles. The quantitative estimate of drug-likeness (QED) is 0.543. The van der Waals surface area contributed by atoms with E-state index in [1.165, 1.54) is 27.0 Å². The highest BCUT2D eigenvalue weighted by Crippen LogP contribution is 1.86. The third kappa shape index (κ3) is 0.850. The predicted molar refractivity (Wildman–Crippen MR) is 37.6 cm³/mol. The van der Waals surface area contributed by atoms with Gasteiger partial charge in [0.2, 0.25) is 0 Å². The summed E-state index contributed by atoms with van der Waals surface area (Å²) in [4.78, 5) is 10.5. The van der Waals surface area contributed by atoms with Crippen LogP contribution in [0, 0.1) is 0 Å². The molecule has 0 saturated heterocycles. The second-order valence-electron chi connectivity index (χ2n) is 1.18. The van der Waals surface area contributed by atoms with E-state index in [1.54, 1.807) is 5.38 Å². The second kappa shape index (κ2) is 2.19. The van der Waals surface area contributed by atoms with Crippen molar-refractivity contribution in [2.75, 3.05) is 0 Å². The lowest BCUT2D eigenvalue weighted by molar-refractivity contribution is 1.28. The molecule has 0 N–H and O–H groups in total. The summed E-state index contributed by atoms with van der Waals surface area (Å²) in [7, 11) is 0. The summed E-state index contributed by atoms with van der Waals surface area (Å²) in [6, 6.07) is 1.48. The molecule has 0 saturated carbocycles. The van der Waals surface area contributed by atoms with Gasteiger partial charge in [-0.25, -0.2) is 3.96 Å². The van der Waals surface area contributed by atoms with E-state index in [-0.39, 0.29) is 5.56 Å². The predicted octanol–water partition coefficient (Wildman–Crippen LogP) is 0.715. The molecule has 0 atom stereocenters. The largest absolute Gasteiger partial charge is 0.268 e. The van der Waals surface area contributed by atoms with Gasteiger partial charge in [-0.3, -0.25) is 4.79 Å². The van der Waals surface area contributed by atoms with E-state index in [2.05, 4.69) is 12.2 Å². The van der Waals surface area contributed by atoms with Crippen LogP contribution in [-0.2, 0) is 0 Å². The number of hydrogen-bond acceptors (Lipinski definition) is 3. The van der Waals surface area contributed by atoms with E-state index < -0.39 is 0 Å². The molecule has 8 heavy (non-hydrogen) atoms. The van der Waals surface area contributed by atoms with Gasteiger partial charge >= 0.3 is 0 Å². The molecule has 0 bridgehead atoms. The highest BCUT2D eigenvalue weighted by molar-refractivity contribution is 7.79. The highest BCUT2D eigenvalue weighted by atomic mass is 32.1. The Bertz CT molecular complexity index is 236. The molecule has 0 aliphatic heterocycles. The van der Waals surface area contributed by atoms with Crippen LogP contribution in [0.2, 0.25) is 0 Å². The third-order valence-electron chi connectivity index (χ3n) is 0.698. The van der Waals surface area contributed by atoms with Crippen LogP contribution >= 0.6 is 23.8 Å². The molecule has 0 unspecified atom stereocenters. The summed E-state index contributed by atoms with van der Waals surface area (Å²) < 4.78 is 1.38. The van der Waals surface area contributed by atoms with Gasteiger partial charge in [-0.15, -0.1) is 0 Å². The van der Waals surface area contributed by atoms with Gasteiger partial charge in [0, 0.05) is 11.4 Å². The first-order chi connectivity index (χ1) is 3.84. The van der Waals surface area contributed by atoms with Crippen molar-refractivity contribution in [3.63, 3.8) is 0 Å². The standard InChI is InChI=1S/C4H3NOS2/c6-4-1-2-8-5(4)3-7/h1-3H. The van der Waals surface area contributed by atoms with Gasteiger partial charge in [-0.1, -0.05) is 23.8 Å². The van der Waals surface area contributed by atoms with Crippen LogP contribution in [0.3, 0.4) is 0 Å². The first-order valence-corrected chi connectivity index (χ1v) is 3.27. The minimum Gasteiger partial charge on any atom is -0.268 e. The fraction of sp³-hybridized carbons (Fsp3) is 0. The van der Waals surface area contributed by atoms with Gasteiger partial charge in [-0.05, 0) is 0 Å². The molecule has 0 amide bonds. The Morgan fingerprint density at radius 2 is 2.62 bits per heavy atom. The molecule has 42 valence electrons. The van der Waals surface area contributed by atoms with Gasteiger partial charge in [-0.2, -0.15) is 0 Å². The summed E-state index contributed by atoms with van der Waals surface area (Å²) in [5.74, 6) is 0. The van der Waals surface area contributed by atoms with Gasteiger partial charge in [0.1, 0.15) is 0 Å². The van der Waals surface area contributed by atoms with Crippen LogP contribution in [0.1, 0.15) is 0 Å². The van der Waals surface area contributed by atoms with Gasteiger partial charge in [0.25, 0.3) is 5.56 Å². The van der Waals surface area contributed by atoms with Gasteiger partial charge in [0.15, 0.2) is 0 Å². The number of nitrogens with zero attached hydrogens (tertiary/aromatic N) is 1. The van der Waals surface area contributed by atoms with E-state index in [0.717, 1.165) is 0 Å². The third-order valence-corrected chi connectivity index (χ3v) is 1.81. The first-order valence-electron chi connectivity index (χ1n) is 1.96. The molecule has 0 radical (unpaired) electrons. The topological polar surface area (TPSA) is 22.0 Å². The Balaban J connectivity index is 3.30. The van der Waals surface area contributed by atoms with Crippen molar-refractivity contribution >= 4 is 29.2 Å². The summed E-state index contributed by atoms with van der Waals surface area (Å²) in [6.07, 6.45) is 0. The van der Waals surface area contributed by atoms with E-state index in [1.807, 2.05) is 0 Å². The maximum Gasteiger partial charge on any atom is 0.265 e. The second-order valence-corrected chi connectivity index (χ2v) is 2.26. The zero-order valence-electron chi connectivity index (χ0n) is 3.90. The summed E-state index contributed by atoms with van der Waals surface area (Å²) in [5.41, 5.74) is 1.28. The summed E-state index contributed by atoms with van der Waals surface area (Å²) >= 11 is 5.80. The van der Waals surface area contributed by atoms with Crippen LogP contribution in [0.5, 0.6) is 0 Å². The minimum absolute atomic E-state index is 0.0509. The van der Waals surface area contributed by atoms with Crippen molar-refractivity contribution in [1.82, 2.24) is 3.96 Å². The van der Waals surface area contributed by atoms with Crippen molar-refractivity contribution in [2.45, 2.75) is 0 Å². The van der Waals surface area contributed by atoms with Crippen LogP contribution in [0.25, 0.3) is 0 Å². The highest BCUT2D eigenvalue weighted by Gasteiger charge is 1.86. The molecule has 1 aromatic rings. The van der Waals surface area contributed by atoms with E-state index in [4.69, 9.17) is 0 Å². The van der Waals surface area contributed by atoms with E-state index >= 15 is 0 Å². The van der Waals surface area contributed by atoms with E-state index in [9.17, 15) is 4.79 Å². The molecule has 0 aromatic carbocycles. The SMILES string of the molecule is O=c1ccsn1C=S. The van der Waals surface area contributed by atoms with Gasteiger partial charge in [0.05, 0.1) is 5.49 Å². The smallest absolute Gasteiger partial charge is 0.265 e. The maximum absolute atomic E-state index is 10.5. The minimum atomic E-state index is -0.0509. The Kier molecular flexibility index (Phi) is 1.55. The molecule has 0 aliphatic rings. The van der Waals surface area contributed by atoms with Crippen molar-refractivity contribution in [3.8, 4) is 0 Å². The molecule has 1 rings (SSSR count). The van der Waals surface area contributed by atoms with Gasteiger partial charge < -0.3 is 0 Å². The number of rotatable bonds is 1. The van der Waals surface area contributed by atoms with Crippen molar-refractivity contribution in [2.24, 2.45) is 0 Å². The molecule has 2 nitrogen and oxygen atoms in total.